The van der Waals surface area contributed by atoms with Crippen LogP contribution in [0.15, 0.2) is 0 Å². The van der Waals surface area contributed by atoms with E-state index in [1.54, 1.807) is 0 Å². The molecule has 1 aliphatic carbocycles. The number of hydrogen-bond donors (Lipinski definition) is 0. The highest BCUT2D eigenvalue weighted by Gasteiger charge is 2.35. The van der Waals surface area contributed by atoms with Crippen molar-refractivity contribution < 1.29 is 0 Å². The van der Waals surface area contributed by atoms with Crippen LogP contribution in [0.2, 0.25) is 5.15 Å². The monoisotopic (exact) mass is 257 g/mol. The van der Waals surface area contributed by atoms with E-state index in [4.69, 9.17) is 11.6 Å². The van der Waals surface area contributed by atoms with Gasteiger partial charge >= 0.3 is 0 Å². The number of halogens is 1. The number of nitrogens with zero attached hydrogens (tertiary/aromatic N) is 3. The molecule has 3 nitrogen and oxygen atoms in total. The van der Waals surface area contributed by atoms with Gasteiger partial charge in [-0.15, -0.1) is 0 Å². The van der Waals surface area contributed by atoms with Gasteiger partial charge in [-0.25, -0.2) is 0 Å². The fraction of sp³-hybridized carbons (Fsp3) is 0.818. The van der Waals surface area contributed by atoms with Crippen LogP contribution in [0.5, 0.6) is 0 Å². The Morgan fingerprint density at radius 3 is 2.75 bits per heavy atom. The highest BCUT2D eigenvalue weighted by atomic mass is 35.5. The number of anilines is 1. The fourth-order valence-corrected chi connectivity index (χ4v) is 3.99. The fourth-order valence-electron chi connectivity index (χ4n) is 3.23. The molecule has 1 saturated carbocycles. The second kappa shape index (κ2) is 4.49. The molecule has 16 heavy (non-hydrogen) atoms. The van der Waals surface area contributed by atoms with E-state index in [-0.39, 0.29) is 0 Å². The lowest BCUT2D eigenvalue weighted by Gasteiger charge is -2.44. The largest absolute Gasteiger partial charge is 0.350 e. The summed E-state index contributed by atoms with van der Waals surface area (Å²) in [6.07, 6.45) is 8.10. The van der Waals surface area contributed by atoms with Gasteiger partial charge in [0, 0.05) is 12.6 Å². The Labute approximate surface area is 105 Å². The van der Waals surface area contributed by atoms with Crippen LogP contribution < -0.4 is 4.90 Å². The van der Waals surface area contributed by atoms with E-state index >= 15 is 0 Å². The zero-order valence-electron chi connectivity index (χ0n) is 9.23. The van der Waals surface area contributed by atoms with Crippen LogP contribution in [0, 0.1) is 5.92 Å². The summed E-state index contributed by atoms with van der Waals surface area (Å²) in [7, 11) is 0. The number of hydrogen-bond acceptors (Lipinski definition) is 4. The Balaban J connectivity index is 1.86. The molecule has 0 N–H and O–H groups in total. The highest BCUT2D eigenvalue weighted by molar-refractivity contribution is 6.99. The molecule has 0 aromatic carbocycles. The lowest BCUT2D eigenvalue weighted by Crippen LogP contribution is -2.47. The van der Waals surface area contributed by atoms with Crippen molar-refractivity contribution >= 4 is 29.1 Å². The standard InChI is InChI=1S/C11H16ClN3S/c12-10-11(14-16-13-10)15-7-3-5-8-4-1-2-6-9(8)15/h8-9H,1-7H2. The summed E-state index contributed by atoms with van der Waals surface area (Å²) in [5.41, 5.74) is 0. The molecule has 2 heterocycles. The van der Waals surface area contributed by atoms with Crippen molar-refractivity contribution in [1.82, 2.24) is 8.75 Å². The second-order valence-corrected chi connectivity index (χ2v) is 5.71. The van der Waals surface area contributed by atoms with E-state index in [0.29, 0.717) is 11.2 Å². The van der Waals surface area contributed by atoms with E-state index in [9.17, 15) is 0 Å². The molecular formula is C11H16ClN3S. The molecule has 2 fully saturated rings. The number of rotatable bonds is 1. The molecule has 1 saturated heterocycles. The summed E-state index contributed by atoms with van der Waals surface area (Å²) >= 11 is 7.33. The summed E-state index contributed by atoms with van der Waals surface area (Å²) < 4.78 is 8.44. The second-order valence-electron chi connectivity index (χ2n) is 4.83. The van der Waals surface area contributed by atoms with Gasteiger partial charge in [0.05, 0.1) is 11.7 Å². The van der Waals surface area contributed by atoms with Gasteiger partial charge in [0.15, 0.2) is 11.0 Å². The molecule has 2 aliphatic rings. The Bertz CT molecular complexity index is 366. The molecule has 3 rings (SSSR count). The van der Waals surface area contributed by atoms with Crippen molar-refractivity contribution in [1.29, 1.82) is 0 Å². The zero-order valence-corrected chi connectivity index (χ0v) is 10.8. The van der Waals surface area contributed by atoms with Crippen LogP contribution in [0.25, 0.3) is 0 Å². The molecule has 0 amide bonds. The van der Waals surface area contributed by atoms with Gasteiger partial charge in [-0.2, -0.15) is 8.75 Å². The normalized spacial score (nSPS) is 30.2. The quantitative estimate of drug-likeness (QED) is 0.773. The predicted octanol–water partition coefficient (Wildman–Crippen LogP) is 3.35. The summed E-state index contributed by atoms with van der Waals surface area (Å²) in [6.45, 7) is 1.10. The maximum Gasteiger partial charge on any atom is 0.187 e. The molecule has 0 bridgehead atoms. The Hall–Kier alpha value is -0.350. The highest BCUT2D eigenvalue weighted by Crippen LogP contribution is 2.38. The number of aromatic nitrogens is 2. The van der Waals surface area contributed by atoms with Crippen LogP contribution in [-0.2, 0) is 0 Å². The molecule has 1 aliphatic heterocycles. The van der Waals surface area contributed by atoms with E-state index < -0.39 is 0 Å². The smallest absolute Gasteiger partial charge is 0.187 e. The third kappa shape index (κ3) is 1.82. The van der Waals surface area contributed by atoms with E-state index in [1.165, 1.54) is 50.3 Å². The van der Waals surface area contributed by atoms with Crippen molar-refractivity contribution in [2.75, 3.05) is 11.4 Å². The molecule has 5 heteroatoms. The van der Waals surface area contributed by atoms with Crippen molar-refractivity contribution in [3.8, 4) is 0 Å². The first-order chi connectivity index (χ1) is 7.86. The average Bonchev–Trinajstić information content (AvgIpc) is 2.75. The predicted molar refractivity (Wildman–Crippen MR) is 67.2 cm³/mol. The number of fused-ring (bicyclic) bond motifs is 1. The van der Waals surface area contributed by atoms with Crippen LogP contribution in [-0.4, -0.2) is 21.3 Å². The third-order valence-corrected chi connectivity index (χ3v) is 4.82. The Kier molecular flexibility index (Phi) is 3.03. The van der Waals surface area contributed by atoms with Crippen LogP contribution >= 0.6 is 23.3 Å². The molecule has 88 valence electrons. The summed E-state index contributed by atoms with van der Waals surface area (Å²) in [4.78, 5) is 2.42. The minimum atomic E-state index is 0.594. The van der Waals surface area contributed by atoms with E-state index in [2.05, 4.69) is 13.6 Å². The van der Waals surface area contributed by atoms with Gasteiger partial charge in [-0.1, -0.05) is 24.4 Å². The van der Waals surface area contributed by atoms with Gasteiger partial charge in [-0.3, -0.25) is 0 Å². The van der Waals surface area contributed by atoms with Crippen molar-refractivity contribution in [2.24, 2.45) is 5.92 Å². The minimum absolute atomic E-state index is 0.594. The van der Waals surface area contributed by atoms with Gasteiger partial charge in [-0.05, 0) is 31.6 Å². The topological polar surface area (TPSA) is 29.0 Å². The molecule has 0 spiro atoms. The van der Waals surface area contributed by atoms with E-state index in [1.807, 2.05) is 0 Å². The summed E-state index contributed by atoms with van der Waals surface area (Å²) in [5, 5.41) is 0.594. The zero-order chi connectivity index (χ0) is 11.0. The minimum Gasteiger partial charge on any atom is -0.350 e. The van der Waals surface area contributed by atoms with Gasteiger partial charge in [0.1, 0.15) is 0 Å². The molecule has 1 aromatic rings. The lowest BCUT2D eigenvalue weighted by molar-refractivity contribution is 0.243. The third-order valence-electron chi connectivity index (χ3n) is 3.95. The Morgan fingerprint density at radius 1 is 1.12 bits per heavy atom. The van der Waals surface area contributed by atoms with Crippen LogP contribution in [0.4, 0.5) is 5.82 Å². The first kappa shape index (κ1) is 10.8. The maximum absolute atomic E-state index is 6.10. The van der Waals surface area contributed by atoms with Crippen LogP contribution in [0.1, 0.15) is 38.5 Å². The molecule has 1 aromatic heterocycles. The lowest BCUT2D eigenvalue weighted by atomic mass is 9.78. The molecular weight excluding hydrogens is 242 g/mol. The summed E-state index contributed by atoms with van der Waals surface area (Å²) in [5.74, 6) is 1.79. The first-order valence-corrected chi connectivity index (χ1v) is 7.22. The summed E-state index contributed by atoms with van der Waals surface area (Å²) in [6, 6.07) is 0.670. The van der Waals surface area contributed by atoms with Gasteiger partial charge in [0.25, 0.3) is 0 Å². The van der Waals surface area contributed by atoms with E-state index in [0.717, 1.165) is 18.3 Å². The Morgan fingerprint density at radius 2 is 1.94 bits per heavy atom. The van der Waals surface area contributed by atoms with Crippen molar-refractivity contribution in [3.05, 3.63) is 5.15 Å². The van der Waals surface area contributed by atoms with Crippen molar-refractivity contribution in [2.45, 2.75) is 44.6 Å². The average molecular weight is 258 g/mol. The van der Waals surface area contributed by atoms with Crippen LogP contribution in [0.3, 0.4) is 0 Å². The molecule has 0 radical (unpaired) electrons. The first-order valence-electron chi connectivity index (χ1n) is 6.11. The maximum atomic E-state index is 6.10. The SMILES string of the molecule is Clc1nsnc1N1CCCC2CCCCC21. The molecule has 2 unspecified atom stereocenters. The van der Waals surface area contributed by atoms with Gasteiger partial charge < -0.3 is 4.90 Å². The van der Waals surface area contributed by atoms with Crippen molar-refractivity contribution in [3.63, 3.8) is 0 Å². The van der Waals surface area contributed by atoms with Gasteiger partial charge in [0.2, 0.25) is 0 Å². The number of piperidine rings is 1. The molecule has 2 atom stereocenters.